The number of hydrogen-bond donors (Lipinski definition) is 0. The maximum Gasteiger partial charge on any atom is 0.118 e. The molecule has 0 atom stereocenters. The van der Waals surface area contributed by atoms with Gasteiger partial charge in [0.05, 0.1) is 17.4 Å². The first-order valence-corrected chi connectivity index (χ1v) is 3.18. The first-order valence-electron chi connectivity index (χ1n) is 2.68. The lowest BCUT2D eigenvalue weighted by Gasteiger charge is -1.97. The highest BCUT2D eigenvalue weighted by Gasteiger charge is 1.86. The minimum atomic E-state index is 0.877. The van der Waals surface area contributed by atoms with Gasteiger partial charge in [-0.1, -0.05) is 17.3 Å². The average Bonchev–Trinajstić information content (AvgIpc) is 1.88. The lowest BCUT2D eigenvalue weighted by atomic mass is 10.3. The van der Waals surface area contributed by atoms with Crippen molar-refractivity contribution in [2.45, 2.75) is 0 Å². The largest absolute Gasteiger partial charge is 0.497 e. The van der Waals surface area contributed by atoms with Gasteiger partial charge in [0.1, 0.15) is 5.75 Å². The summed E-state index contributed by atoms with van der Waals surface area (Å²) in [5, 5.41) is 1.04. The van der Waals surface area contributed by atoms with Crippen LogP contribution in [-0.2, 0) is 0 Å². The first-order chi connectivity index (χ1) is 4.33. The van der Waals surface area contributed by atoms with E-state index in [1.807, 2.05) is 24.3 Å². The minimum absolute atomic E-state index is 0.877. The van der Waals surface area contributed by atoms with Crippen molar-refractivity contribution >= 4 is 15.4 Å². The fraction of sp³-hybridized carbons (Fsp3) is 0.143. The van der Waals surface area contributed by atoms with Crippen LogP contribution in [-0.4, -0.2) is 17.4 Å². The topological polar surface area (TPSA) is 9.23 Å². The van der Waals surface area contributed by atoms with E-state index in [1.165, 1.54) is 0 Å². The first kappa shape index (κ1) is 6.36. The minimum Gasteiger partial charge on any atom is -0.497 e. The van der Waals surface area contributed by atoms with Gasteiger partial charge in [-0.15, -0.1) is 0 Å². The van der Waals surface area contributed by atoms with Gasteiger partial charge < -0.3 is 4.74 Å². The van der Waals surface area contributed by atoms with Crippen LogP contribution in [0.15, 0.2) is 24.3 Å². The van der Waals surface area contributed by atoms with E-state index in [4.69, 9.17) is 4.74 Å². The molecule has 1 nitrogen and oxygen atoms in total. The Morgan fingerprint density at radius 2 is 2.22 bits per heavy atom. The Hall–Kier alpha value is -0.763. The molecular formula is C7H7OSi. The van der Waals surface area contributed by atoms with Crippen molar-refractivity contribution in [3.8, 4) is 5.75 Å². The van der Waals surface area contributed by atoms with Crippen LogP contribution in [0, 0.1) is 0 Å². The van der Waals surface area contributed by atoms with E-state index in [1.54, 1.807) is 7.11 Å². The van der Waals surface area contributed by atoms with Crippen LogP contribution in [0.4, 0.5) is 0 Å². The predicted octanol–water partition coefficient (Wildman–Crippen LogP) is 0.489. The van der Waals surface area contributed by atoms with Crippen molar-refractivity contribution in [3.63, 3.8) is 0 Å². The third kappa shape index (κ3) is 1.57. The summed E-state index contributed by atoms with van der Waals surface area (Å²) in [4.78, 5) is 0. The fourth-order valence-corrected chi connectivity index (χ4v) is 0.862. The Morgan fingerprint density at radius 1 is 1.44 bits per heavy atom. The summed E-state index contributed by atoms with van der Waals surface area (Å²) in [6.07, 6.45) is 0. The molecule has 0 saturated carbocycles. The van der Waals surface area contributed by atoms with Crippen molar-refractivity contribution in [2.24, 2.45) is 0 Å². The Kier molecular flexibility index (Phi) is 1.90. The summed E-state index contributed by atoms with van der Waals surface area (Å²) in [6.45, 7) is 0. The zero-order valence-corrected chi connectivity index (χ0v) is 6.22. The maximum atomic E-state index is 4.96. The van der Waals surface area contributed by atoms with E-state index in [9.17, 15) is 0 Å². The van der Waals surface area contributed by atoms with Gasteiger partial charge in [0, 0.05) is 0 Å². The van der Waals surface area contributed by atoms with Gasteiger partial charge in [-0.25, -0.2) is 0 Å². The molecule has 9 heavy (non-hydrogen) atoms. The normalized spacial score (nSPS) is 9.11. The molecule has 3 radical (unpaired) electrons. The smallest absolute Gasteiger partial charge is 0.118 e. The van der Waals surface area contributed by atoms with Gasteiger partial charge in [-0.05, 0) is 12.1 Å². The van der Waals surface area contributed by atoms with Crippen LogP contribution >= 0.6 is 0 Å². The van der Waals surface area contributed by atoms with E-state index >= 15 is 0 Å². The van der Waals surface area contributed by atoms with Gasteiger partial charge in [0.15, 0.2) is 0 Å². The molecule has 1 rings (SSSR count). The summed E-state index contributed by atoms with van der Waals surface area (Å²) in [5.41, 5.74) is 0. The van der Waals surface area contributed by atoms with Crippen LogP contribution in [0.5, 0.6) is 5.75 Å². The molecule has 0 aromatic heterocycles. The Labute approximate surface area is 58.1 Å². The highest BCUT2D eigenvalue weighted by molar-refractivity contribution is 6.32. The molecule has 1 aromatic carbocycles. The van der Waals surface area contributed by atoms with Crippen molar-refractivity contribution in [2.75, 3.05) is 7.11 Å². The number of benzene rings is 1. The molecule has 0 unspecified atom stereocenters. The molecule has 45 valence electrons. The summed E-state index contributed by atoms with van der Waals surface area (Å²) < 4.78 is 4.96. The molecular weight excluding hydrogens is 128 g/mol. The zero-order chi connectivity index (χ0) is 6.69. The quantitative estimate of drug-likeness (QED) is 0.509. The van der Waals surface area contributed by atoms with Gasteiger partial charge in [-0.2, -0.15) is 0 Å². The Morgan fingerprint density at radius 3 is 2.67 bits per heavy atom. The Balaban J connectivity index is 2.94. The molecule has 0 bridgehead atoms. The third-order valence-corrected chi connectivity index (χ3v) is 1.38. The number of hydrogen-bond acceptors (Lipinski definition) is 1. The van der Waals surface area contributed by atoms with Crippen LogP contribution in [0.1, 0.15) is 0 Å². The van der Waals surface area contributed by atoms with Crippen molar-refractivity contribution in [1.82, 2.24) is 0 Å². The SMILES string of the molecule is COc1cccc([Si])c1. The van der Waals surface area contributed by atoms with Crippen molar-refractivity contribution < 1.29 is 4.74 Å². The molecule has 0 heterocycles. The van der Waals surface area contributed by atoms with Crippen molar-refractivity contribution in [1.29, 1.82) is 0 Å². The summed E-state index contributed by atoms with van der Waals surface area (Å²) in [6, 6.07) is 7.71. The van der Waals surface area contributed by atoms with Gasteiger partial charge in [0.2, 0.25) is 0 Å². The van der Waals surface area contributed by atoms with E-state index in [2.05, 4.69) is 10.2 Å². The number of rotatable bonds is 1. The maximum absolute atomic E-state index is 4.96. The summed E-state index contributed by atoms with van der Waals surface area (Å²) in [5.74, 6) is 0.877. The average molecular weight is 135 g/mol. The molecule has 1 aromatic rings. The second kappa shape index (κ2) is 2.69. The molecule has 2 heteroatoms. The molecule has 0 aliphatic carbocycles. The molecule has 0 amide bonds. The molecule has 0 aliphatic heterocycles. The molecule has 0 N–H and O–H groups in total. The van der Waals surface area contributed by atoms with Crippen LogP contribution in [0.3, 0.4) is 0 Å². The van der Waals surface area contributed by atoms with Gasteiger partial charge >= 0.3 is 0 Å². The summed E-state index contributed by atoms with van der Waals surface area (Å²) >= 11 is 0. The standard InChI is InChI=1S/C7H7OSi/c1-8-6-3-2-4-7(9)5-6/h2-5H,1H3. The van der Waals surface area contributed by atoms with E-state index < -0.39 is 0 Å². The third-order valence-electron chi connectivity index (χ3n) is 1.07. The number of methoxy groups -OCH3 is 1. The van der Waals surface area contributed by atoms with Crippen LogP contribution < -0.4 is 9.92 Å². The zero-order valence-electron chi connectivity index (χ0n) is 5.22. The monoisotopic (exact) mass is 135 g/mol. The van der Waals surface area contributed by atoms with E-state index in [0.717, 1.165) is 10.9 Å². The molecule has 0 saturated heterocycles. The van der Waals surface area contributed by atoms with Gasteiger partial charge in [0.25, 0.3) is 0 Å². The summed E-state index contributed by atoms with van der Waals surface area (Å²) in [7, 11) is 5.02. The number of ether oxygens (including phenoxy) is 1. The molecule has 0 fully saturated rings. The van der Waals surface area contributed by atoms with E-state index in [-0.39, 0.29) is 0 Å². The fourth-order valence-electron chi connectivity index (χ4n) is 0.623. The molecule has 0 aliphatic rings. The lowest BCUT2D eigenvalue weighted by molar-refractivity contribution is 0.415. The van der Waals surface area contributed by atoms with E-state index in [0.29, 0.717) is 0 Å². The highest BCUT2D eigenvalue weighted by Crippen LogP contribution is 2.03. The highest BCUT2D eigenvalue weighted by atomic mass is 28.1. The predicted molar refractivity (Wildman–Crippen MR) is 38.4 cm³/mol. The molecule has 0 spiro atoms. The van der Waals surface area contributed by atoms with Crippen LogP contribution in [0.2, 0.25) is 0 Å². The van der Waals surface area contributed by atoms with Crippen molar-refractivity contribution in [3.05, 3.63) is 24.3 Å². The second-order valence-corrected chi connectivity index (χ2v) is 2.31. The second-order valence-electron chi connectivity index (χ2n) is 1.73. The van der Waals surface area contributed by atoms with Crippen LogP contribution in [0.25, 0.3) is 0 Å². The lowest BCUT2D eigenvalue weighted by Crippen LogP contribution is -2.00. The Bertz CT molecular complexity index is 198. The van der Waals surface area contributed by atoms with Gasteiger partial charge in [-0.3, -0.25) is 0 Å².